The summed E-state index contributed by atoms with van der Waals surface area (Å²) >= 11 is 0. The van der Waals surface area contributed by atoms with Gasteiger partial charge >= 0.3 is 0 Å². The third-order valence-electron chi connectivity index (χ3n) is 4.04. The number of nitrogens with zero attached hydrogens (tertiary/aromatic N) is 2. The monoisotopic (exact) mass is 221 g/mol. The van der Waals surface area contributed by atoms with E-state index in [0.29, 0.717) is 5.41 Å². The summed E-state index contributed by atoms with van der Waals surface area (Å²) in [5, 5.41) is 4.51. The van der Waals surface area contributed by atoms with Crippen LogP contribution in [0.25, 0.3) is 0 Å². The zero-order valence-electron chi connectivity index (χ0n) is 10.5. The Labute approximate surface area is 98.0 Å². The summed E-state index contributed by atoms with van der Waals surface area (Å²) in [6.07, 6.45) is 7.38. The molecule has 0 radical (unpaired) electrons. The number of rotatable bonds is 4. The number of nitrogens with two attached hydrogens (primary N) is 1. The molecule has 2 N–H and O–H groups in total. The summed E-state index contributed by atoms with van der Waals surface area (Å²) in [6, 6.07) is 2.25. The van der Waals surface area contributed by atoms with E-state index in [1.165, 1.54) is 37.1 Å². The quantitative estimate of drug-likeness (QED) is 0.845. The van der Waals surface area contributed by atoms with Crippen LogP contribution in [0.4, 0.5) is 0 Å². The van der Waals surface area contributed by atoms with Gasteiger partial charge < -0.3 is 5.73 Å². The van der Waals surface area contributed by atoms with Crippen LogP contribution in [0, 0.1) is 5.41 Å². The van der Waals surface area contributed by atoms with E-state index in [4.69, 9.17) is 5.73 Å². The average Bonchev–Trinajstić information content (AvgIpc) is 2.88. The van der Waals surface area contributed by atoms with Gasteiger partial charge in [-0.2, -0.15) is 5.10 Å². The second kappa shape index (κ2) is 4.58. The number of aryl methyl sites for hydroxylation is 2. The molecule has 1 aliphatic rings. The highest BCUT2D eigenvalue weighted by Crippen LogP contribution is 2.39. The molecule has 90 valence electrons. The maximum Gasteiger partial charge on any atom is 0.0624 e. The van der Waals surface area contributed by atoms with E-state index < -0.39 is 0 Å². The van der Waals surface area contributed by atoms with Crippen molar-refractivity contribution in [1.82, 2.24) is 9.78 Å². The van der Waals surface area contributed by atoms with Gasteiger partial charge in [0.05, 0.1) is 5.69 Å². The minimum absolute atomic E-state index is 0.360. The first-order valence-electron chi connectivity index (χ1n) is 6.41. The van der Waals surface area contributed by atoms with Crippen molar-refractivity contribution in [2.45, 2.75) is 45.4 Å². The van der Waals surface area contributed by atoms with Crippen molar-refractivity contribution in [1.29, 1.82) is 0 Å². The van der Waals surface area contributed by atoms with Crippen LogP contribution in [-0.4, -0.2) is 16.3 Å². The second-order valence-corrected chi connectivity index (χ2v) is 5.19. The van der Waals surface area contributed by atoms with E-state index in [0.717, 1.165) is 19.4 Å². The first-order chi connectivity index (χ1) is 7.69. The molecule has 16 heavy (non-hydrogen) atoms. The number of hydrogen-bond acceptors (Lipinski definition) is 2. The van der Waals surface area contributed by atoms with Gasteiger partial charge in [0.1, 0.15) is 0 Å². The molecule has 3 nitrogen and oxygen atoms in total. The maximum absolute atomic E-state index is 5.98. The van der Waals surface area contributed by atoms with Crippen LogP contribution in [0.1, 0.15) is 44.0 Å². The van der Waals surface area contributed by atoms with Crippen molar-refractivity contribution in [3.8, 4) is 0 Å². The molecule has 0 spiro atoms. The van der Waals surface area contributed by atoms with E-state index in [1.54, 1.807) is 0 Å². The molecule has 1 fully saturated rings. The van der Waals surface area contributed by atoms with Crippen LogP contribution in [-0.2, 0) is 19.9 Å². The Bertz CT molecular complexity index is 348. The molecular formula is C13H23N3. The van der Waals surface area contributed by atoms with Crippen LogP contribution >= 0.6 is 0 Å². The van der Waals surface area contributed by atoms with Gasteiger partial charge in [-0.3, -0.25) is 4.68 Å². The molecule has 3 heteroatoms. The predicted molar refractivity (Wildman–Crippen MR) is 66.2 cm³/mol. The Morgan fingerprint density at radius 1 is 1.44 bits per heavy atom. The molecule has 1 aromatic rings. The average molecular weight is 221 g/mol. The standard InChI is InChI=1S/C13H23N3/c1-3-11-8-12(16(2)15-11)9-13(10-14)6-4-5-7-13/h8H,3-7,9-10,14H2,1-2H3. The smallest absolute Gasteiger partial charge is 0.0624 e. The minimum Gasteiger partial charge on any atom is -0.330 e. The fourth-order valence-electron chi connectivity index (χ4n) is 2.87. The molecule has 0 atom stereocenters. The van der Waals surface area contributed by atoms with Crippen molar-refractivity contribution in [3.63, 3.8) is 0 Å². The summed E-state index contributed by atoms with van der Waals surface area (Å²) < 4.78 is 2.04. The minimum atomic E-state index is 0.360. The van der Waals surface area contributed by atoms with E-state index in [9.17, 15) is 0 Å². The fourth-order valence-corrected chi connectivity index (χ4v) is 2.87. The lowest BCUT2D eigenvalue weighted by Gasteiger charge is -2.26. The lowest BCUT2D eigenvalue weighted by Crippen LogP contribution is -2.30. The lowest BCUT2D eigenvalue weighted by molar-refractivity contribution is 0.299. The van der Waals surface area contributed by atoms with Crippen molar-refractivity contribution in [3.05, 3.63) is 17.5 Å². The second-order valence-electron chi connectivity index (χ2n) is 5.19. The van der Waals surface area contributed by atoms with Crippen LogP contribution in [0.5, 0.6) is 0 Å². The topological polar surface area (TPSA) is 43.8 Å². The normalized spacial score (nSPS) is 19.2. The Morgan fingerprint density at radius 2 is 2.12 bits per heavy atom. The summed E-state index contributed by atoms with van der Waals surface area (Å²) in [6.45, 7) is 2.97. The highest BCUT2D eigenvalue weighted by molar-refractivity contribution is 5.13. The molecule has 0 saturated heterocycles. The van der Waals surface area contributed by atoms with Crippen LogP contribution < -0.4 is 5.73 Å². The zero-order valence-corrected chi connectivity index (χ0v) is 10.5. The van der Waals surface area contributed by atoms with Gasteiger partial charge in [-0.05, 0) is 43.7 Å². The van der Waals surface area contributed by atoms with E-state index in [1.807, 2.05) is 11.7 Å². The molecule has 2 rings (SSSR count). The largest absolute Gasteiger partial charge is 0.330 e. The van der Waals surface area contributed by atoms with Gasteiger partial charge in [0, 0.05) is 12.7 Å². The molecular weight excluding hydrogens is 198 g/mol. The van der Waals surface area contributed by atoms with Gasteiger partial charge in [0.2, 0.25) is 0 Å². The molecule has 1 aromatic heterocycles. The molecule has 1 aliphatic carbocycles. The molecule has 1 saturated carbocycles. The Balaban J connectivity index is 2.15. The SMILES string of the molecule is CCc1cc(CC2(CN)CCCC2)n(C)n1. The highest BCUT2D eigenvalue weighted by atomic mass is 15.3. The molecule has 1 heterocycles. The summed E-state index contributed by atoms with van der Waals surface area (Å²) in [4.78, 5) is 0. The van der Waals surface area contributed by atoms with Crippen LogP contribution in [0.2, 0.25) is 0 Å². The maximum atomic E-state index is 5.98. The molecule has 0 bridgehead atoms. The third-order valence-corrected chi connectivity index (χ3v) is 4.04. The Hall–Kier alpha value is -0.830. The number of aromatic nitrogens is 2. The number of hydrogen-bond donors (Lipinski definition) is 1. The van der Waals surface area contributed by atoms with Gasteiger partial charge in [-0.15, -0.1) is 0 Å². The first kappa shape index (κ1) is 11.6. The van der Waals surface area contributed by atoms with Crippen molar-refractivity contribution in [2.24, 2.45) is 18.2 Å². The first-order valence-corrected chi connectivity index (χ1v) is 6.41. The van der Waals surface area contributed by atoms with Gasteiger partial charge in [0.25, 0.3) is 0 Å². The van der Waals surface area contributed by atoms with Gasteiger partial charge in [-0.1, -0.05) is 19.8 Å². The van der Waals surface area contributed by atoms with E-state index >= 15 is 0 Å². The summed E-state index contributed by atoms with van der Waals surface area (Å²) in [5.74, 6) is 0. The lowest BCUT2D eigenvalue weighted by atomic mass is 9.81. The molecule has 0 aliphatic heterocycles. The molecule has 0 aromatic carbocycles. The van der Waals surface area contributed by atoms with Gasteiger partial charge in [0.15, 0.2) is 0 Å². The summed E-state index contributed by atoms with van der Waals surface area (Å²) in [5.41, 5.74) is 8.88. The predicted octanol–water partition coefficient (Wildman–Crippen LogP) is 2.04. The highest BCUT2D eigenvalue weighted by Gasteiger charge is 2.33. The molecule has 0 unspecified atom stereocenters. The Kier molecular flexibility index (Phi) is 3.33. The summed E-state index contributed by atoms with van der Waals surface area (Å²) in [7, 11) is 2.05. The fraction of sp³-hybridized carbons (Fsp3) is 0.769. The van der Waals surface area contributed by atoms with E-state index in [-0.39, 0.29) is 0 Å². The van der Waals surface area contributed by atoms with Crippen molar-refractivity contribution in [2.75, 3.05) is 6.54 Å². The van der Waals surface area contributed by atoms with Crippen LogP contribution in [0.15, 0.2) is 6.07 Å². The van der Waals surface area contributed by atoms with Crippen molar-refractivity contribution >= 4 is 0 Å². The van der Waals surface area contributed by atoms with Crippen LogP contribution in [0.3, 0.4) is 0 Å². The Morgan fingerprint density at radius 3 is 2.62 bits per heavy atom. The molecule has 0 amide bonds. The third kappa shape index (κ3) is 2.14. The zero-order chi connectivity index (χ0) is 11.6. The van der Waals surface area contributed by atoms with Crippen molar-refractivity contribution < 1.29 is 0 Å². The van der Waals surface area contributed by atoms with Gasteiger partial charge in [-0.25, -0.2) is 0 Å². The van der Waals surface area contributed by atoms with E-state index in [2.05, 4.69) is 18.1 Å².